The second kappa shape index (κ2) is 1130. The first-order chi connectivity index (χ1) is 0. The van der Waals surface area contributed by atoms with E-state index in [0.29, 0.717) is 0 Å². The number of rotatable bonds is 0. The Balaban J connectivity index is 0. The Morgan fingerprint density at radius 2 is 0.176 bits per heavy atom. The van der Waals surface area contributed by atoms with Crippen molar-refractivity contribution in [1.82, 2.24) is 0 Å². The zero-order valence-electron chi connectivity index (χ0n) is 8.38. The van der Waals surface area contributed by atoms with E-state index in [1.807, 2.05) is 0 Å². The summed E-state index contributed by atoms with van der Waals surface area (Å²) in [5.74, 6) is 0. The molecule has 0 heterocycles. The average Bonchev–Trinajstić information content (AvgIpc) is 0. The average molecular weight is 426 g/mol. The van der Waals surface area contributed by atoms with Crippen LogP contribution in [0, 0.1) is 0 Å². The molecular formula is H24Al2Cr3O12. The van der Waals surface area contributed by atoms with Gasteiger partial charge in [-0.3, -0.25) is 0 Å². The maximum Gasteiger partial charge on any atom is 0 e. The SMILES string of the molecule is O.O.O.O.O.O.O.O.O.O.O.O.[Al].[Al].[Cr].[Cr].[Cr]. The zero-order chi connectivity index (χ0) is 0. The van der Waals surface area contributed by atoms with Gasteiger partial charge in [-0.05, 0) is 0 Å². The van der Waals surface area contributed by atoms with Gasteiger partial charge in [-0.25, -0.2) is 0 Å². The van der Waals surface area contributed by atoms with Gasteiger partial charge in [-0.15, -0.1) is 0 Å². The Hall–Kier alpha value is 2.18. The van der Waals surface area contributed by atoms with Gasteiger partial charge in [0.15, 0.2) is 0 Å². The summed E-state index contributed by atoms with van der Waals surface area (Å²) in [7, 11) is 0. The summed E-state index contributed by atoms with van der Waals surface area (Å²) in [6.45, 7) is 0. The first-order valence-electron chi connectivity index (χ1n) is 0. The summed E-state index contributed by atoms with van der Waals surface area (Å²) in [4.78, 5) is 0. The van der Waals surface area contributed by atoms with Gasteiger partial charge >= 0.3 is 0 Å². The molecule has 17 heavy (non-hydrogen) atoms. The third kappa shape index (κ3) is 1000. The van der Waals surface area contributed by atoms with Crippen molar-refractivity contribution in [2.75, 3.05) is 0 Å². The van der Waals surface area contributed by atoms with Gasteiger partial charge < -0.3 is 65.7 Å². The molecule has 0 aliphatic heterocycles. The molecule has 0 aliphatic rings. The van der Waals surface area contributed by atoms with Gasteiger partial charge in [-0.2, -0.15) is 0 Å². The molecule has 120 valence electrons. The molecule has 6 radical (unpaired) electrons. The third-order valence-corrected chi connectivity index (χ3v) is 0. The molecule has 0 unspecified atom stereocenters. The van der Waals surface area contributed by atoms with Crippen molar-refractivity contribution in [3.05, 3.63) is 0 Å². The van der Waals surface area contributed by atoms with Crippen LogP contribution in [0.15, 0.2) is 0 Å². The molecule has 0 aromatic rings. The standard InChI is InChI=1S/2Al.3Cr.12H2O/h;;;;;12*1H2. The van der Waals surface area contributed by atoms with Crippen LogP contribution in [-0.4, -0.2) is 100 Å². The molecule has 17 heteroatoms. The monoisotopic (exact) mass is 426 g/mol. The van der Waals surface area contributed by atoms with Gasteiger partial charge in [0.25, 0.3) is 0 Å². The predicted octanol–water partition coefficient (Wildman–Crippen LogP) is -10.7. The minimum atomic E-state index is 0. The van der Waals surface area contributed by atoms with E-state index >= 15 is 0 Å². The first-order valence-corrected chi connectivity index (χ1v) is 0. The fourth-order valence-corrected chi connectivity index (χ4v) is 0. The van der Waals surface area contributed by atoms with E-state index in [4.69, 9.17) is 0 Å². The predicted molar refractivity (Wildman–Crippen MR) is 54.9 cm³/mol. The normalized spacial score (nSPS) is 0. The van der Waals surface area contributed by atoms with Gasteiger partial charge in [-0.1, -0.05) is 0 Å². The summed E-state index contributed by atoms with van der Waals surface area (Å²) >= 11 is 0. The largest absolute Gasteiger partial charge is 0.412 e. The molecule has 0 bridgehead atoms. The van der Waals surface area contributed by atoms with Crippen LogP contribution in [0.5, 0.6) is 0 Å². The summed E-state index contributed by atoms with van der Waals surface area (Å²) in [6.07, 6.45) is 0. The molecule has 0 fully saturated rings. The van der Waals surface area contributed by atoms with Crippen molar-refractivity contribution in [2.24, 2.45) is 0 Å². The van der Waals surface area contributed by atoms with E-state index in [9.17, 15) is 0 Å². The maximum absolute atomic E-state index is 0. The minimum absolute atomic E-state index is 0. The van der Waals surface area contributed by atoms with E-state index in [-0.39, 0.29) is 153 Å². The second-order valence-corrected chi connectivity index (χ2v) is 0. The van der Waals surface area contributed by atoms with Crippen LogP contribution >= 0.6 is 0 Å². The quantitative estimate of drug-likeness (QED) is 0.325. The first kappa shape index (κ1) is 1330. The smallest absolute Gasteiger partial charge is 0 e. The van der Waals surface area contributed by atoms with Crippen LogP contribution < -0.4 is 0 Å². The van der Waals surface area contributed by atoms with E-state index in [1.54, 1.807) is 0 Å². The molecule has 12 nitrogen and oxygen atoms in total. The van der Waals surface area contributed by atoms with Crippen molar-refractivity contribution in [3.63, 3.8) is 0 Å². The van der Waals surface area contributed by atoms with E-state index < -0.39 is 0 Å². The molecule has 0 atom stereocenters. The van der Waals surface area contributed by atoms with Crippen molar-refractivity contribution in [2.45, 2.75) is 0 Å². The molecule has 0 rings (SSSR count). The van der Waals surface area contributed by atoms with Crippen LogP contribution in [0.1, 0.15) is 0 Å². The van der Waals surface area contributed by atoms with E-state index in [2.05, 4.69) is 0 Å². The van der Waals surface area contributed by atoms with Crippen molar-refractivity contribution >= 4 is 34.7 Å². The molecule has 0 aromatic heterocycles. The Morgan fingerprint density at radius 1 is 0.176 bits per heavy atom. The summed E-state index contributed by atoms with van der Waals surface area (Å²) in [6, 6.07) is 0. The summed E-state index contributed by atoms with van der Waals surface area (Å²) < 4.78 is 0. The number of hydrogen-bond acceptors (Lipinski definition) is 0. The van der Waals surface area contributed by atoms with Crippen LogP contribution in [0.4, 0.5) is 0 Å². The van der Waals surface area contributed by atoms with Crippen molar-refractivity contribution in [3.8, 4) is 0 Å². The molecule has 24 N–H and O–H groups in total. The fraction of sp³-hybridized carbons (Fsp3) is 0. The molecule has 0 aliphatic carbocycles. The van der Waals surface area contributed by atoms with Crippen LogP contribution in [-0.2, 0) is 52.1 Å². The molecule has 0 aromatic carbocycles. The second-order valence-electron chi connectivity index (χ2n) is 0. The Labute approximate surface area is 152 Å². The fourth-order valence-electron chi connectivity index (χ4n) is 0. The van der Waals surface area contributed by atoms with Gasteiger partial charge in [0.05, 0.1) is 0 Å². The van der Waals surface area contributed by atoms with Crippen molar-refractivity contribution < 1.29 is 118 Å². The van der Waals surface area contributed by atoms with Crippen molar-refractivity contribution in [1.29, 1.82) is 0 Å². The Morgan fingerprint density at radius 3 is 0.176 bits per heavy atom. The molecule has 0 saturated heterocycles. The van der Waals surface area contributed by atoms with Crippen LogP contribution in [0.3, 0.4) is 0 Å². The molecule has 0 spiro atoms. The topological polar surface area (TPSA) is 378 Å². The zero-order valence-corrected chi connectivity index (χ0v) is 14.5. The van der Waals surface area contributed by atoms with Crippen LogP contribution in [0.25, 0.3) is 0 Å². The van der Waals surface area contributed by atoms with Gasteiger partial charge in [0.2, 0.25) is 0 Å². The maximum atomic E-state index is 0. The van der Waals surface area contributed by atoms with Gasteiger partial charge in [0, 0.05) is 86.8 Å². The van der Waals surface area contributed by atoms with Crippen LogP contribution in [0.2, 0.25) is 0 Å². The molecular weight excluding hydrogens is 402 g/mol. The third-order valence-electron chi connectivity index (χ3n) is 0. The molecule has 0 saturated carbocycles. The molecule has 0 amide bonds. The van der Waals surface area contributed by atoms with Gasteiger partial charge in [0.1, 0.15) is 0 Å². The van der Waals surface area contributed by atoms with E-state index in [1.165, 1.54) is 0 Å². The minimum Gasteiger partial charge on any atom is -0.412 e. The Kier molecular flexibility index (Phi) is 88300. The van der Waals surface area contributed by atoms with E-state index in [0.717, 1.165) is 0 Å². The summed E-state index contributed by atoms with van der Waals surface area (Å²) in [5.41, 5.74) is 0. The Bertz CT molecular complexity index is 19.7. The number of hydrogen-bond donors (Lipinski definition) is 0. The summed E-state index contributed by atoms with van der Waals surface area (Å²) in [5, 5.41) is 0.